The zero-order valence-electron chi connectivity index (χ0n) is 17.3. The van der Waals surface area contributed by atoms with E-state index < -0.39 is 12.3 Å². The van der Waals surface area contributed by atoms with Crippen LogP contribution in [-0.2, 0) is 0 Å². The number of aliphatic hydroxyl groups excluding tert-OH is 1. The van der Waals surface area contributed by atoms with Gasteiger partial charge in [0, 0.05) is 6.61 Å². The van der Waals surface area contributed by atoms with E-state index >= 15 is 0 Å². The third kappa shape index (κ3) is 5.42. The Labute approximate surface area is 160 Å². The zero-order valence-corrected chi connectivity index (χ0v) is 17.3. The molecule has 3 fully saturated rings. The molecule has 0 amide bonds. The molecule has 26 heavy (non-hydrogen) atoms. The van der Waals surface area contributed by atoms with Crippen molar-refractivity contribution in [3.63, 3.8) is 0 Å². The molecule has 4 unspecified atom stereocenters. The van der Waals surface area contributed by atoms with Gasteiger partial charge in [-0.3, -0.25) is 0 Å². The maximum absolute atomic E-state index is 14.6. The van der Waals surface area contributed by atoms with Crippen LogP contribution in [0.2, 0.25) is 0 Å². The lowest BCUT2D eigenvalue weighted by Crippen LogP contribution is -2.42. The highest BCUT2D eigenvalue weighted by Gasteiger charge is 2.44. The molecule has 3 rings (SSSR count). The van der Waals surface area contributed by atoms with Gasteiger partial charge in [0.1, 0.15) is 12.3 Å². The third-order valence-corrected chi connectivity index (χ3v) is 7.68. The summed E-state index contributed by atoms with van der Waals surface area (Å²) in [6, 6.07) is 0. The minimum absolute atomic E-state index is 0.0203. The molecule has 0 aliphatic heterocycles. The number of halogens is 2. The highest BCUT2D eigenvalue weighted by Crippen LogP contribution is 2.47. The van der Waals surface area contributed by atoms with Gasteiger partial charge in [-0.15, -0.1) is 0 Å². The molecule has 1 nitrogen and oxygen atoms in total. The van der Waals surface area contributed by atoms with E-state index in [0.29, 0.717) is 12.3 Å². The van der Waals surface area contributed by atoms with Gasteiger partial charge < -0.3 is 5.11 Å². The molecule has 3 aliphatic carbocycles. The van der Waals surface area contributed by atoms with E-state index in [9.17, 15) is 8.78 Å². The second kappa shape index (κ2) is 11.0. The summed E-state index contributed by atoms with van der Waals surface area (Å²) in [6.45, 7) is 6.35. The van der Waals surface area contributed by atoms with E-state index in [1.807, 2.05) is 13.8 Å². The van der Waals surface area contributed by atoms with Crippen molar-refractivity contribution in [3.8, 4) is 0 Å². The van der Waals surface area contributed by atoms with Crippen LogP contribution in [0.1, 0.15) is 91.4 Å². The average Bonchev–Trinajstić information content (AvgIpc) is 2.68. The monoisotopic (exact) mass is 372 g/mol. The minimum atomic E-state index is -1.35. The maximum atomic E-state index is 14.6. The molecule has 0 aromatic carbocycles. The van der Waals surface area contributed by atoms with E-state index in [0.717, 1.165) is 43.4 Å². The van der Waals surface area contributed by atoms with E-state index in [4.69, 9.17) is 5.11 Å². The van der Waals surface area contributed by atoms with Crippen molar-refractivity contribution in [2.45, 2.75) is 104 Å². The molecule has 0 radical (unpaired) electrons. The van der Waals surface area contributed by atoms with E-state index in [2.05, 4.69) is 6.92 Å². The number of hydrogen-bond acceptors (Lipinski definition) is 1. The lowest BCUT2D eigenvalue weighted by Gasteiger charge is -2.43. The summed E-state index contributed by atoms with van der Waals surface area (Å²) in [6.07, 6.45) is 9.59. The Kier molecular flexibility index (Phi) is 9.33. The van der Waals surface area contributed by atoms with Crippen LogP contribution in [0.5, 0.6) is 0 Å². The van der Waals surface area contributed by atoms with Crippen molar-refractivity contribution in [1.82, 2.24) is 0 Å². The molecular formula is C23H42F2O. The molecule has 3 aliphatic rings. The second-order valence-electron chi connectivity index (χ2n) is 9.10. The van der Waals surface area contributed by atoms with Crippen LogP contribution in [0, 0.1) is 35.5 Å². The number of rotatable bonds is 4. The summed E-state index contributed by atoms with van der Waals surface area (Å²) in [5.74, 6) is 2.72. The lowest BCUT2D eigenvalue weighted by molar-refractivity contribution is -0.0205. The molecule has 0 heterocycles. The minimum Gasteiger partial charge on any atom is -0.396 e. The van der Waals surface area contributed by atoms with Crippen molar-refractivity contribution < 1.29 is 13.9 Å². The molecule has 3 heteroatoms. The lowest BCUT2D eigenvalue weighted by atomic mass is 9.64. The molecular weight excluding hydrogens is 330 g/mol. The summed E-state index contributed by atoms with van der Waals surface area (Å²) in [5.41, 5.74) is 0. The molecule has 154 valence electrons. The molecule has 1 N–H and O–H groups in total. The third-order valence-electron chi connectivity index (χ3n) is 7.68. The predicted octanol–water partition coefficient (Wildman–Crippen LogP) is 6.73. The standard InChI is InChI=1S/C21H36F2O.C2H6/c1-14-2-4-15(5-3-14)16-6-8-17(9-7-16)19-11-10-18(12-13-24)20(22)21(19)23;1-2/h14-21,24H,2-13H2,1H3;1-2H3. The Balaban J connectivity index is 0.00000117. The maximum Gasteiger partial charge on any atom is 0.134 e. The fourth-order valence-corrected chi connectivity index (χ4v) is 5.99. The largest absolute Gasteiger partial charge is 0.396 e. The molecule has 0 saturated heterocycles. The van der Waals surface area contributed by atoms with E-state index in [1.165, 1.54) is 38.5 Å². The van der Waals surface area contributed by atoms with Crippen LogP contribution in [0.25, 0.3) is 0 Å². The first-order valence-electron chi connectivity index (χ1n) is 11.5. The summed E-state index contributed by atoms with van der Waals surface area (Å²) in [7, 11) is 0. The van der Waals surface area contributed by atoms with Gasteiger partial charge in [0.15, 0.2) is 0 Å². The summed E-state index contributed by atoms with van der Waals surface area (Å²) < 4.78 is 29.0. The molecule has 0 bridgehead atoms. The van der Waals surface area contributed by atoms with Gasteiger partial charge in [0.2, 0.25) is 0 Å². The fraction of sp³-hybridized carbons (Fsp3) is 1.00. The van der Waals surface area contributed by atoms with Crippen molar-refractivity contribution in [2.24, 2.45) is 35.5 Å². The highest BCUT2D eigenvalue weighted by molar-refractivity contribution is 4.93. The SMILES string of the molecule is CC.CC1CCC(C2CCC(C3CCC(CCO)C(F)C3F)CC2)CC1. The number of alkyl halides is 2. The number of aliphatic hydroxyl groups is 1. The van der Waals surface area contributed by atoms with Crippen LogP contribution in [0.15, 0.2) is 0 Å². The Morgan fingerprint density at radius 3 is 1.73 bits per heavy atom. The van der Waals surface area contributed by atoms with E-state index in [1.54, 1.807) is 0 Å². The van der Waals surface area contributed by atoms with Gasteiger partial charge in [-0.1, -0.05) is 33.6 Å². The average molecular weight is 373 g/mol. The van der Waals surface area contributed by atoms with Crippen LogP contribution in [-0.4, -0.2) is 24.1 Å². The predicted molar refractivity (Wildman–Crippen MR) is 106 cm³/mol. The van der Waals surface area contributed by atoms with Crippen LogP contribution >= 0.6 is 0 Å². The molecule has 0 aromatic heterocycles. The van der Waals surface area contributed by atoms with Gasteiger partial charge in [0.25, 0.3) is 0 Å². The summed E-state index contributed by atoms with van der Waals surface area (Å²) in [4.78, 5) is 0. The fourth-order valence-electron chi connectivity index (χ4n) is 5.99. The molecule has 3 saturated carbocycles. The Morgan fingerprint density at radius 2 is 1.19 bits per heavy atom. The van der Waals surface area contributed by atoms with Crippen LogP contribution in [0.4, 0.5) is 8.78 Å². The second-order valence-corrected chi connectivity index (χ2v) is 9.10. The van der Waals surface area contributed by atoms with Gasteiger partial charge in [-0.05, 0) is 93.3 Å². The first-order valence-corrected chi connectivity index (χ1v) is 11.5. The normalized spacial score (nSPS) is 44.1. The number of hydrogen-bond donors (Lipinski definition) is 1. The van der Waals surface area contributed by atoms with E-state index in [-0.39, 0.29) is 18.4 Å². The summed E-state index contributed by atoms with van der Waals surface area (Å²) >= 11 is 0. The Hall–Kier alpha value is -0.180. The van der Waals surface area contributed by atoms with Crippen molar-refractivity contribution in [1.29, 1.82) is 0 Å². The highest BCUT2D eigenvalue weighted by atomic mass is 19.2. The Morgan fingerprint density at radius 1 is 0.692 bits per heavy atom. The first-order chi connectivity index (χ1) is 12.6. The zero-order chi connectivity index (χ0) is 19.1. The van der Waals surface area contributed by atoms with Crippen molar-refractivity contribution in [2.75, 3.05) is 6.61 Å². The molecule has 4 atom stereocenters. The van der Waals surface area contributed by atoms with Crippen LogP contribution in [0.3, 0.4) is 0 Å². The van der Waals surface area contributed by atoms with Gasteiger partial charge in [-0.2, -0.15) is 0 Å². The van der Waals surface area contributed by atoms with Gasteiger partial charge in [0.05, 0.1) is 0 Å². The van der Waals surface area contributed by atoms with Crippen molar-refractivity contribution >= 4 is 0 Å². The first kappa shape index (κ1) is 22.1. The quantitative estimate of drug-likeness (QED) is 0.580. The van der Waals surface area contributed by atoms with Crippen molar-refractivity contribution in [3.05, 3.63) is 0 Å². The molecule has 0 aromatic rings. The van der Waals surface area contributed by atoms with Gasteiger partial charge >= 0.3 is 0 Å². The summed E-state index contributed by atoms with van der Waals surface area (Å²) in [5, 5.41) is 9.02. The molecule has 0 spiro atoms. The smallest absolute Gasteiger partial charge is 0.134 e. The Bertz CT molecular complexity index is 372. The van der Waals surface area contributed by atoms with Gasteiger partial charge in [-0.25, -0.2) is 8.78 Å². The van der Waals surface area contributed by atoms with Crippen LogP contribution < -0.4 is 0 Å². The topological polar surface area (TPSA) is 20.2 Å².